The van der Waals surface area contributed by atoms with E-state index in [1.807, 2.05) is 24.3 Å². The molecular weight excluding hydrogens is 356 g/mol. The monoisotopic (exact) mass is 374 g/mol. The maximum atomic E-state index is 10.9. The summed E-state index contributed by atoms with van der Waals surface area (Å²) in [4.78, 5) is 1.18. The smallest absolute Gasteiger partial charge is 0.268 e. The Balaban J connectivity index is 2.20. The lowest BCUT2D eigenvalue weighted by Crippen LogP contribution is -2.01. The van der Waals surface area contributed by atoms with Crippen molar-refractivity contribution in [2.75, 3.05) is 12.0 Å². The first-order valence-corrected chi connectivity index (χ1v) is 10.4. The van der Waals surface area contributed by atoms with Crippen LogP contribution >= 0.6 is 11.8 Å². The number of benzene rings is 1. The summed E-state index contributed by atoms with van der Waals surface area (Å²) in [6.45, 7) is 2.14. The molecule has 0 amide bonds. The van der Waals surface area contributed by atoms with E-state index in [2.05, 4.69) is 22.4 Å². The predicted molar refractivity (Wildman–Crippen MR) is 102 cm³/mol. The van der Waals surface area contributed by atoms with Gasteiger partial charge in [-0.3, -0.25) is 4.28 Å². The molecule has 0 unspecified atom stereocenters. The van der Waals surface area contributed by atoms with Gasteiger partial charge in [0.1, 0.15) is 11.8 Å². The van der Waals surface area contributed by atoms with E-state index in [1.165, 1.54) is 4.90 Å². The van der Waals surface area contributed by atoms with Crippen molar-refractivity contribution in [3.63, 3.8) is 0 Å². The standard InChI is InChI=1S/C18H18N2O3S2/c1-3-12-24-17-10-6-15(7-11-17)18(13-19)14-4-8-16(9-5-14)20-23-25(2,21)22/h4-11H,3,12H2,1-2H3. The molecule has 2 rings (SSSR count). The van der Waals surface area contributed by atoms with Crippen LogP contribution in [0, 0.1) is 11.3 Å². The second-order valence-corrected chi connectivity index (χ2v) is 8.00. The van der Waals surface area contributed by atoms with Crippen LogP contribution in [-0.4, -0.2) is 26.1 Å². The Morgan fingerprint density at radius 2 is 1.84 bits per heavy atom. The second kappa shape index (κ2) is 8.70. The van der Waals surface area contributed by atoms with Crippen LogP contribution in [0.3, 0.4) is 0 Å². The molecule has 0 spiro atoms. The number of allylic oxidation sites excluding steroid dienone is 6. The first-order chi connectivity index (χ1) is 11.9. The molecule has 1 aliphatic rings. The van der Waals surface area contributed by atoms with Crippen LogP contribution in [0.2, 0.25) is 0 Å². The lowest BCUT2D eigenvalue weighted by atomic mass is 9.97. The van der Waals surface area contributed by atoms with Gasteiger partial charge in [0.15, 0.2) is 0 Å². The molecule has 7 heteroatoms. The molecule has 0 saturated carbocycles. The van der Waals surface area contributed by atoms with Crippen molar-refractivity contribution in [2.24, 2.45) is 5.16 Å². The quantitative estimate of drug-likeness (QED) is 0.428. The molecule has 0 aromatic heterocycles. The minimum atomic E-state index is -3.63. The largest absolute Gasteiger partial charge is 0.325 e. The van der Waals surface area contributed by atoms with E-state index in [0.29, 0.717) is 11.3 Å². The summed E-state index contributed by atoms with van der Waals surface area (Å²) in [6.07, 6.45) is 8.66. The molecule has 1 aromatic rings. The van der Waals surface area contributed by atoms with E-state index in [0.717, 1.165) is 29.6 Å². The van der Waals surface area contributed by atoms with Gasteiger partial charge in [0.2, 0.25) is 0 Å². The summed E-state index contributed by atoms with van der Waals surface area (Å²) in [7, 11) is -3.63. The summed E-state index contributed by atoms with van der Waals surface area (Å²) in [5, 5.41) is 13.0. The maximum absolute atomic E-state index is 10.9. The molecule has 1 aromatic carbocycles. The average Bonchev–Trinajstić information content (AvgIpc) is 2.60. The van der Waals surface area contributed by atoms with Gasteiger partial charge in [0, 0.05) is 4.90 Å². The van der Waals surface area contributed by atoms with E-state index < -0.39 is 10.1 Å². The first kappa shape index (κ1) is 19.0. The lowest BCUT2D eigenvalue weighted by Gasteiger charge is -2.07. The van der Waals surface area contributed by atoms with Gasteiger partial charge in [-0.05, 0) is 47.6 Å². The Kier molecular flexibility index (Phi) is 6.62. The van der Waals surface area contributed by atoms with Crippen molar-refractivity contribution < 1.29 is 12.7 Å². The van der Waals surface area contributed by atoms with E-state index in [-0.39, 0.29) is 0 Å². The van der Waals surface area contributed by atoms with E-state index >= 15 is 0 Å². The molecule has 0 bridgehead atoms. The number of hydrogen-bond acceptors (Lipinski definition) is 6. The minimum absolute atomic E-state index is 0.359. The van der Waals surface area contributed by atoms with Crippen molar-refractivity contribution in [1.82, 2.24) is 0 Å². The van der Waals surface area contributed by atoms with Crippen molar-refractivity contribution >= 4 is 33.2 Å². The molecule has 0 saturated heterocycles. The normalized spacial score (nSPS) is 13.5. The van der Waals surface area contributed by atoms with Crippen molar-refractivity contribution in [2.45, 2.75) is 18.2 Å². The Morgan fingerprint density at radius 1 is 1.20 bits per heavy atom. The van der Waals surface area contributed by atoms with Gasteiger partial charge in [-0.2, -0.15) is 13.7 Å². The van der Waals surface area contributed by atoms with Crippen LogP contribution in [0.1, 0.15) is 18.9 Å². The first-order valence-electron chi connectivity index (χ1n) is 7.63. The number of rotatable bonds is 6. The SMILES string of the molecule is CCCSc1ccc(C(C#N)=C2C=CC(=NOS(C)(=O)=O)C=C2)cc1. The number of oxime groups is 1. The highest BCUT2D eigenvalue weighted by Gasteiger charge is 2.09. The second-order valence-electron chi connectivity index (χ2n) is 5.28. The van der Waals surface area contributed by atoms with Gasteiger partial charge >= 0.3 is 10.1 Å². The van der Waals surface area contributed by atoms with Crippen LogP contribution in [0.5, 0.6) is 0 Å². The molecule has 0 heterocycles. The summed E-state index contributed by atoms with van der Waals surface area (Å²) in [5.74, 6) is 1.06. The fraction of sp³-hybridized carbons (Fsp3) is 0.222. The van der Waals surface area contributed by atoms with Crippen LogP contribution in [0.25, 0.3) is 5.57 Å². The Labute approximate surface area is 152 Å². The van der Waals surface area contributed by atoms with Crippen molar-refractivity contribution in [1.29, 1.82) is 5.26 Å². The third-order valence-electron chi connectivity index (χ3n) is 3.16. The summed E-state index contributed by atoms with van der Waals surface area (Å²) < 4.78 is 26.3. The molecule has 1 aliphatic carbocycles. The highest BCUT2D eigenvalue weighted by atomic mass is 32.2. The van der Waals surface area contributed by atoms with E-state index in [9.17, 15) is 13.7 Å². The van der Waals surface area contributed by atoms with Crippen LogP contribution in [0.15, 0.2) is 64.2 Å². The summed E-state index contributed by atoms with van der Waals surface area (Å²) in [5.41, 5.74) is 2.47. The lowest BCUT2D eigenvalue weighted by molar-refractivity contribution is 0.344. The molecule has 0 N–H and O–H groups in total. The van der Waals surface area contributed by atoms with Crippen LogP contribution in [0.4, 0.5) is 0 Å². The predicted octanol–water partition coefficient (Wildman–Crippen LogP) is 3.92. The van der Waals surface area contributed by atoms with Gasteiger partial charge in [-0.15, -0.1) is 11.8 Å². The highest BCUT2D eigenvalue weighted by Crippen LogP contribution is 2.25. The number of thioether (sulfide) groups is 1. The van der Waals surface area contributed by atoms with Crippen molar-refractivity contribution in [3.8, 4) is 6.07 Å². The third-order valence-corrected chi connectivity index (χ3v) is 4.72. The Hall–Kier alpha value is -2.30. The van der Waals surface area contributed by atoms with Gasteiger partial charge in [0.05, 0.1) is 11.8 Å². The number of nitrogens with zero attached hydrogens (tertiary/aromatic N) is 2. The fourth-order valence-corrected chi connectivity index (χ4v) is 3.02. The molecule has 0 fully saturated rings. The zero-order valence-corrected chi connectivity index (χ0v) is 15.6. The molecule has 0 radical (unpaired) electrons. The highest BCUT2D eigenvalue weighted by molar-refractivity contribution is 7.99. The molecule has 0 atom stereocenters. The molecular formula is C18H18N2O3S2. The van der Waals surface area contributed by atoms with Gasteiger partial charge in [-0.25, -0.2) is 0 Å². The average molecular weight is 374 g/mol. The Morgan fingerprint density at radius 3 is 2.36 bits per heavy atom. The van der Waals surface area contributed by atoms with Gasteiger partial charge in [-0.1, -0.05) is 36.4 Å². The zero-order chi connectivity index (χ0) is 18.3. The Bertz CT molecular complexity index is 869. The van der Waals surface area contributed by atoms with Crippen LogP contribution in [-0.2, 0) is 14.4 Å². The van der Waals surface area contributed by atoms with E-state index in [1.54, 1.807) is 36.1 Å². The van der Waals surface area contributed by atoms with E-state index in [4.69, 9.17) is 0 Å². The molecule has 25 heavy (non-hydrogen) atoms. The summed E-state index contributed by atoms with van der Waals surface area (Å²) >= 11 is 1.79. The molecule has 0 aliphatic heterocycles. The molecule has 5 nitrogen and oxygen atoms in total. The van der Waals surface area contributed by atoms with Crippen molar-refractivity contribution in [3.05, 3.63) is 59.7 Å². The van der Waals surface area contributed by atoms with Gasteiger partial charge in [0.25, 0.3) is 0 Å². The summed E-state index contributed by atoms with van der Waals surface area (Å²) in [6, 6.07) is 10.1. The van der Waals surface area contributed by atoms with Gasteiger partial charge < -0.3 is 0 Å². The number of hydrogen-bond donors (Lipinski definition) is 0. The number of nitriles is 1. The topological polar surface area (TPSA) is 79.5 Å². The molecule has 130 valence electrons. The zero-order valence-electron chi connectivity index (χ0n) is 14.0. The third kappa shape index (κ3) is 5.93. The van der Waals surface area contributed by atoms with Crippen LogP contribution < -0.4 is 0 Å². The minimum Gasteiger partial charge on any atom is -0.268 e. The fourth-order valence-electron chi connectivity index (χ4n) is 2.03. The maximum Gasteiger partial charge on any atom is 0.325 e.